The molecule has 0 aromatic heterocycles. The predicted molar refractivity (Wildman–Crippen MR) is 115 cm³/mol. The number of hydrogen-bond donors (Lipinski definition) is 2. The first-order valence-electron chi connectivity index (χ1n) is 10.4. The number of benzene rings is 1. The van der Waals surface area contributed by atoms with Crippen molar-refractivity contribution in [3.8, 4) is 0 Å². The first-order chi connectivity index (χ1) is 15.1. The summed E-state index contributed by atoms with van der Waals surface area (Å²) in [6, 6.07) is 3.90. The number of non-ortho nitro benzene ring substituents is 1. The Morgan fingerprint density at radius 1 is 1.12 bits per heavy atom. The zero-order chi connectivity index (χ0) is 24.3. The number of urea groups is 1. The SMILES string of the molecule is CCOC(=O)C(O)CN(CC(C)C)C(=O)N[C@@H](Cc1cccc([N+](=O)[O-])c1)C(=O)OCC. The highest BCUT2D eigenvalue weighted by molar-refractivity contribution is 5.84. The highest BCUT2D eigenvalue weighted by Gasteiger charge is 2.29. The summed E-state index contributed by atoms with van der Waals surface area (Å²) >= 11 is 0. The third kappa shape index (κ3) is 8.88. The highest BCUT2D eigenvalue weighted by Crippen LogP contribution is 2.15. The van der Waals surface area contributed by atoms with Crippen LogP contribution < -0.4 is 5.32 Å². The number of carbonyl (C=O) groups excluding carboxylic acids is 3. The summed E-state index contributed by atoms with van der Waals surface area (Å²) in [6.07, 6.45) is -1.58. The fourth-order valence-electron chi connectivity index (χ4n) is 2.91. The van der Waals surface area contributed by atoms with E-state index >= 15 is 0 Å². The number of aliphatic hydroxyl groups is 1. The Balaban J connectivity index is 3.04. The van der Waals surface area contributed by atoms with E-state index < -0.39 is 35.0 Å². The monoisotopic (exact) mass is 453 g/mol. The van der Waals surface area contributed by atoms with Gasteiger partial charge in [0.15, 0.2) is 6.10 Å². The van der Waals surface area contributed by atoms with Crippen molar-refractivity contribution >= 4 is 23.7 Å². The van der Waals surface area contributed by atoms with Crippen molar-refractivity contribution in [1.29, 1.82) is 0 Å². The van der Waals surface area contributed by atoms with E-state index in [0.717, 1.165) is 0 Å². The molecule has 1 unspecified atom stereocenters. The Bertz CT molecular complexity index is 799. The van der Waals surface area contributed by atoms with Crippen molar-refractivity contribution in [2.45, 2.75) is 46.3 Å². The number of ether oxygens (including phenoxy) is 2. The van der Waals surface area contributed by atoms with Crippen LogP contribution in [0.5, 0.6) is 0 Å². The standard InChI is InChI=1S/C21H31N3O8/c1-5-31-19(26)17(11-15-8-7-9-16(10-15)24(29)30)22-21(28)23(12-14(3)4)13-18(25)20(27)32-6-2/h7-10,14,17-18,25H,5-6,11-13H2,1-4H3,(H,22,28)/t17-,18?/m0/s1. The maximum absolute atomic E-state index is 12.9. The van der Waals surface area contributed by atoms with Crippen LogP contribution in [-0.2, 0) is 25.5 Å². The molecule has 2 N–H and O–H groups in total. The fourth-order valence-corrected chi connectivity index (χ4v) is 2.91. The molecule has 0 aliphatic heterocycles. The minimum absolute atomic E-state index is 0.00737. The van der Waals surface area contributed by atoms with E-state index in [0.29, 0.717) is 5.56 Å². The van der Waals surface area contributed by atoms with Gasteiger partial charge in [-0.25, -0.2) is 14.4 Å². The third-order valence-corrected chi connectivity index (χ3v) is 4.25. The second-order valence-corrected chi connectivity index (χ2v) is 7.45. The van der Waals surface area contributed by atoms with Gasteiger partial charge in [-0.3, -0.25) is 10.1 Å². The lowest BCUT2D eigenvalue weighted by atomic mass is 10.1. The quantitative estimate of drug-likeness (QED) is 0.276. The third-order valence-electron chi connectivity index (χ3n) is 4.25. The molecule has 0 saturated heterocycles. The van der Waals surface area contributed by atoms with E-state index in [1.807, 2.05) is 13.8 Å². The lowest BCUT2D eigenvalue weighted by Crippen LogP contribution is -2.52. The molecule has 2 amide bonds. The van der Waals surface area contributed by atoms with Crippen molar-refractivity contribution in [3.63, 3.8) is 0 Å². The lowest BCUT2D eigenvalue weighted by molar-refractivity contribution is -0.384. The molecule has 1 aromatic carbocycles. The number of nitrogens with one attached hydrogen (secondary N) is 1. The van der Waals surface area contributed by atoms with Crippen LogP contribution in [0, 0.1) is 16.0 Å². The van der Waals surface area contributed by atoms with E-state index in [1.54, 1.807) is 19.9 Å². The van der Waals surface area contributed by atoms with Crippen LogP contribution in [0.4, 0.5) is 10.5 Å². The number of nitrogens with zero attached hydrogens (tertiary/aromatic N) is 2. The minimum atomic E-state index is -1.54. The van der Waals surface area contributed by atoms with E-state index in [9.17, 15) is 29.6 Å². The number of amides is 2. The van der Waals surface area contributed by atoms with Gasteiger partial charge in [0.25, 0.3) is 5.69 Å². The average Bonchev–Trinajstić information content (AvgIpc) is 2.72. The van der Waals surface area contributed by atoms with Gasteiger partial charge in [0, 0.05) is 25.1 Å². The van der Waals surface area contributed by atoms with Gasteiger partial charge in [-0.05, 0) is 25.3 Å². The average molecular weight is 453 g/mol. The van der Waals surface area contributed by atoms with E-state index in [2.05, 4.69) is 5.32 Å². The van der Waals surface area contributed by atoms with Gasteiger partial charge >= 0.3 is 18.0 Å². The summed E-state index contributed by atoms with van der Waals surface area (Å²) < 4.78 is 9.81. The van der Waals surface area contributed by atoms with Crippen LogP contribution >= 0.6 is 0 Å². The van der Waals surface area contributed by atoms with Crippen molar-refractivity contribution in [2.24, 2.45) is 5.92 Å². The fraction of sp³-hybridized carbons (Fsp3) is 0.571. The van der Waals surface area contributed by atoms with Crippen LogP contribution in [0.1, 0.15) is 33.3 Å². The molecule has 1 rings (SSSR count). The molecule has 32 heavy (non-hydrogen) atoms. The summed E-state index contributed by atoms with van der Waals surface area (Å²) in [5.41, 5.74) is 0.315. The predicted octanol–water partition coefficient (Wildman–Crippen LogP) is 1.66. The van der Waals surface area contributed by atoms with Gasteiger partial charge < -0.3 is 24.8 Å². The van der Waals surface area contributed by atoms with Crippen LogP contribution in [0.2, 0.25) is 0 Å². The number of carbonyl (C=O) groups is 3. The first-order valence-corrected chi connectivity index (χ1v) is 10.4. The number of esters is 2. The van der Waals surface area contributed by atoms with Gasteiger partial charge in [-0.2, -0.15) is 0 Å². The van der Waals surface area contributed by atoms with Crippen molar-refractivity contribution < 1.29 is 33.9 Å². The molecule has 0 aliphatic rings. The summed E-state index contributed by atoms with van der Waals surface area (Å²) in [4.78, 5) is 48.8. The van der Waals surface area contributed by atoms with Crippen molar-refractivity contribution in [1.82, 2.24) is 10.2 Å². The Morgan fingerprint density at radius 2 is 1.75 bits per heavy atom. The summed E-state index contributed by atoms with van der Waals surface area (Å²) in [5.74, 6) is -1.55. The molecule has 0 bridgehead atoms. The van der Waals surface area contributed by atoms with E-state index in [-0.39, 0.29) is 44.3 Å². The second kappa shape index (κ2) is 13.3. The summed E-state index contributed by atoms with van der Waals surface area (Å²) in [5, 5.41) is 23.7. The zero-order valence-electron chi connectivity index (χ0n) is 18.8. The zero-order valence-corrected chi connectivity index (χ0v) is 18.8. The minimum Gasteiger partial charge on any atom is -0.464 e. The number of rotatable bonds is 12. The van der Waals surface area contributed by atoms with Gasteiger partial charge in [0.05, 0.1) is 24.7 Å². The molecule has 0 saturated carbocycles. The van der Waals surface area contributed by atoms with Gasteiger partial charge in [-0.15, -0.1) is 0 Å². The van der Waals surface area contributed by atoms with Crippen LogP contribution in [-0.4, -0.2) is 71.3 Å². The molecule has 0 spiro atoms. The van der Waals surface area contributed by atoms with Crippen LogP contribution in [0.15, 0.2) is 24.3 Å². The van der Waals surface area contributed by atoms with E-state index in [4.69, 9.17) is 9.47 Å². The summed E-state index contributed by atoms with van der Waals surface area (Å²) in [7, 11) is 0. The highest BCUT2D eigenvalue weighted by atomic mass is 16.6. The molecule has 0 aliphatic carbocycles. The first kappa shape index (κ1) is 26.8. The number of aliphatic hydroxyl groups excluding tert-OH is 1. The number of hydrogen-bond acceptors (Lipinski definition) is 8. The van der Waals surface area contributed by atoms with Gasteiger partial charge in [-0.1, -0.05) is 26.0 Å². The van der Waals surface area contributed by atoms with Crippen LogP contribution in [0.3, 0.4) is 0 Å². The van der Waals surface area contributed by atoms with Gasteiger partial charge in [0.2, 0.25) is 0 Å². The smallest absolute Gasteiger partial charge is 0.336 e. The van der Waals surface area contributed by atoms with Crippen molar-refractivity contribution in [2.75, 3.05) is 26.3 Å². The molecular weight excluding hydrogens is 422 g/mol. The van der Waals surface area contributed by atoms with Crippen LogP contribution in [0.25, 0.3) is 0 Å². The molecular formula is C21H31N3O8. The van der Waals surface area contributed by atoms with E-state index in [1.165, 1.54) is 23.1 Å². The molecule has 11 nitrogen and oxygen atoms in total. The Labute approximate surface area is 186 Å². The molecule has 0 heterocycles. The Morgan fingerprint density at radius 3 is 2.31 bits per heavy atom. The molecule has 1 aromatic rings. The number of nitro groups is 1. The largest absolute Gasteiger partial charge is 0.464 e. The molecule has 0 radical (unpaired) electrons. The molecule has 0 fully saturated rings. The second-order valence-electron chi connectivity index (χ2n) is 7.45. The van der Waals surface area contributed by atoms with Gasteiger partial charge in [0.1, 0.15) is 6.04 Å². The molecule has 11 heteroatoms. The Kier molecular flexibility index (Phi) is 11.1. The number of nitro benzene ring substituents is 1. The normalized spacial score (nSPS) is 12.6. The summed E-state index contributed by atoms with van der Waals surface area (Å²) in [6.45, 7) is 6.96. The maximum Gasteiger partial charge on any atom is 0.336 e. The lowest BCUT2D eigenvalue weighted by Gasteiger charge is -2.28. The maximum atomic E-state index is 12.9. The topological polar surface area (TPSA) is 148 Å². The molecule has 178 valence electrons. The molecule has 2 atom stereocenters. The van der Waals surface area contributed by atoms with Crippen molar-refractivity contribution in [3.05, 3.63) is 39.9 Å². The Hall–Kier alpha value is -3.21.